The van der Waals surface area contributed by atoms with Gasteiger partial charge in [-0.2, -0.15) is 11.8 Å². The number of hydrogen-bond donors (Lipinski definition) is 1. The number of aromatic nitrogens is 2. The van der Waals surface area contributed by atoms with Crippen LogP contribution in [0.25, 0.3) is 0 Å². The molecule has 0 radical (unpaired) electrons. The molecule has 1 N–H and O–H groups in total. The molecule has 1 aromatic heterocycles. The maximum absolute atomic E-state index is 4.85. The van der Waals surface area contributed by atoms with Gasteiger partial charge in [-0.05, 0) is 47.4 Å². The van der Waals surface area contributed by atoms with Crippen molar-refractivity contribution >= 4 is 33.5 Å². The first kappa shape index (κ1) is 12.7. The Morgan fingerprint density at radius 1 is 1.22 bits per heavy atom. The first-order valence-corrected chi connectivity index (χ1v) is 8.50. The van der Waals surface area contributed by atoms with E-state index in [4.69, 9.17) is 9.97 Å². The second kappa shape index (κ2) is 5.37. The van der Waals surface area contributed by atoms with Crippen molar-refractivity contribution in [2.45, 2.75) is 43.3 Å². The minimum Gasteiger partial charge on any atom is -0.372 e. The highest BCUT2D eigenvalue weighted by Gasteiger charge is 2.30. The molecule has 2 fully saturated rings. The van der Waals surface area contributed by atoms with Crippen molar-refractivity contribution in [2.24, 2.45) is 0 Å². The maximum atomic E-state index is 4.85. The van der Waals surface area contributed by atoms with Gasteiger partial charge in [-0.15, -0.1) is 0 Å². The number of thioether (sulfide) groups is 1. The molecule has 3 rings (SSSR count). The lowest BCUT2D eigenvalue weighted by Crippen LogP contribution is -2.10. The van der Waals surface area contributed by atoms with Crippen LogP contribution in [-0.4, -0.2) is 22.8 Å². The molecular formula is C13H18BrN3S. The Balaban J connectivity index is 1.95. The topological polar surface area (TPSA) is 37.8 Å². The van der Waals surface area contributed by atoms with Crippen LogP contribution in [0.2, 0.25) is 0 Å². The van der Waals surface area contributed by atoms with Gasteiger partial charge in [0.05, 0.1) is 15.4 Å². The van der Waals surface area contributed by atoms with E-state index < -0.39 is 0 Å². The Kier molecular flexibility index (Phi) is 3.80. The fraction of sp³-hybridized carbons (Fsp3) is 0.692. The van der Waals surface area contributed by atoms with Crippen molar-refractivity contribution in [3.8, 4) is 0 Å². The first-order valence-electron chi connectivity index (χ1n) is 6.66. The van der Waals surface area contributed by atoms with Gasteiger partial charge in [0.25, 0.3) is 0 Å². The number of halogens is 1. The predicted octanol–water partition coefficient (Wildman–Crippen LogP) is 4.12. The highest BCUT2D eigenvalue weighted by Crippen LogP contribution is 2.45. The summed E-state index contributed by atoms with van der Waals surface area (Å²) in [6.07, 6.45) is 6.42. The van der Waals surface area contributed by atoms with Crippen LogP contribution in [0.3, 0.4) is 0 Å². The van der Waals surface area contributed by atoms with Gasteiger partial charge >= 0.3 is 0 Å². The van der Waals surface area contributed by atoms with Crippen LogP contribution in [0.5, 0.6) is 0 Å². The fourth-order valence-electron chi connectivity index (χ4n) is 2.36. The highest BCUT2D eigenvalue weighted by molar-refractivity contribution is 9.10. The second-order valence-electron chi connectivity index (χ2n) is 5.01. The zero-order valence-electron chi connectivity index (χ0n) is 10.6. The van der Waals surface area contributed by atoms with E-state index in [0.29, 0.717) is 11.2 Å². The Bertz CT molecular complexity index is 442. The molecule has 1 atom stereocenters. The van der Waals surface area contributed by atoms with Gasteiger partial charge < -0.3 is 5.32 Å². The van der Waals surface area contributed by atoms with Crippen LogP contribution in [-0.2, 0) is 0 Å². The van der Waals surface area contributed by atoms with E-state index in [1.165, 1.54) is 43.6 Å². The van der Waals surface area contributed by atoms with Crippen LogP contribution in [0.4, 0.5) is 5.82 Å². The van der Waals surface area contributed by atoms with E-state index in [1.54, 1.807) is 0 Å². The van der Waals surface area contributed by atoms with Crippen LogP contribution in [0.1, 0.15) is 54.8 Å². The molecule has 5 heteroatoms. The Hall–Kier alpha value is -0.290. The molecule has 0 spiro atoms. The second-order valence-corrected chi connectivity index (χ2v) is 7.11. The molecule has 2 aliphatic rings. The predicted molar refractivity (Wildman–Crippen MR) is 80.3 cm³/mol. The van der Waals surface area contributed by atoms with Gasteiger partial charge in [0, 0.05) is 13.0 Å². The average molecular weight is 328 g/mol. The number of hydrogen-bond acceptors (Lipinski definition) is 4. The molecule has 2 heterocycles. The summed E-state index contributed by atoms with van der Waals surface area (Å²) in [4.78, 5) is 9.54. The zero-order chi connectivity index (χ0) is 12.5. The molecule has 18 heavy (non-hydrogen) atoms. The van der Waals surface area contributed by atoms with Gasteiger partial charge in [-0.3, -0.25) is 0 Å². The molecule has 1 saturated heterocycles. The number of rotatable bonds is 3. The summed E-state index contributed by atoms with van der Waals surface area (Å²) in [6, 6.07) is 0. The largest absolute Gasteiger partial charge is 0.372 e. The smallest absolute Gasteiger partial charge is 0.144 e. The van der Waals surface area contributed by atoms with Crippen LogP contribution in [0, 0.1) is 0 Å². The lowest BCUT2D eigenvalue weighted by Gasteiger charge is -2.21. The van der Waals surface area contributed by atoms with Gasteiger partial charge in [0.15, 0.2) is 0 Å². The normalized spacial score (nSPS) is 24.0. The SMILES string of the molecule is CNc1nc(C2CCCCS2)nc(C2CC2)c1Br. The van der Waals surface area contributed by atoms with Crippen LogP contribution in [0.15, 0.2) is 4.47 Å². The van der Waals surface area contributed by atoms with E-state index in [0.717, 1.165) is 16.1 Å². The highest BCUT2D eigenvalue weighted by atomic mass is 79.9. The Morgan fingerprint density at radius 2 is 2.06 bits per heavy atom. The van der Waals surface area contributed by atoms with E-state index >= 15 is 0 Å². The number of nitrogens with one attached hydrogen (secondary N) is 1. The molecule has 98 valence electrons. The van der Waals surface area contributed by atoms with Crippen molar-refractivity contribution in [2.75, 3.05) is 18.1 Å². The van der Waals surface area contributed by atoms with E-state index in [-0.39, 0.29) is 0 Å². The van der Waals surface area contributed by atoms with E-state index in [1.807, 2.05) is 18.8 Å². The molecule has 3 nitrogen and oxygen atoms in total. The van der Waals surface area contributed by atoms with Crippen molar-refractivity contribution in [1.82, 2.24) is 9.97 Å². The van der Waals surface area contributed by atoms with Gasteiger partial charge in [-0.25, -0.2) is 9.97 Å². The third kappa shape index (κ3) is 2.52. The summed E-state index contributed by atoms with van der Waals surface area (Å²) >= 11 is 5.66. The minimum atomic E-state index is 0.497. The summed E-state index contributed by atoms with van der Waals surface area (Å²) in [6.45, 7) is 0. The standard InChI is InChI=1S/C13H18BrN3S/c1-15-13-10(14)11(8-5-6-8)16-12(17-13)9-4-2-3-7-18-9/h8-9H,2-7H2,1H3,(H,15,16,17). The molecular weight excluding hydrogens is 310 g/mol. The van der Waals surface area contributed by atoms with E-state index in [2.05, 4.69) is 21.2 Å². The van der Waals surface area contributed by atoms with Gasteiger partial charge in [-0.1, -0.05) is 6.42 Å². The van der Waals surface area contributed by atoms with Crippen molar-refractivity contribution in [3.63, 3.8) is 0 Å². The summed E-state index contributed by atoms with van der Waals surface area (Å²) in [5, 5.41) is 3.69. The number of nitrogens with zero attached hydrogens (tertiary/aromatic N) is 2. The fourth-order valence-corrected chi connectivity index (χ4v) is 4.31. The molecule has 1 aliphatic heterocycles. The maximum Gasteiger partial charge on any atom is 0.144 e. The molecule has 1 aromatic rings. The third-order valence-electron chi connectivity index (χ3n) is 3.56. The average Bonchev–Trinajstić information content (AvgIpc) is 3.24. The van der Waals surface area contributed by atoms with Crippen LogP contribution >= 0.6 is 27.7 Å². The summed E-state index contributed by atoms with van der Waals surface area (Å²) in [5.74, 6) is 3.89. The van der Waals surface area contributed by atoms with Gasteiger partial charge in [0.1, 0.15) is 11.6 Å². The molecule has 0 aromatic carbocycles. The summed E-state index contributed by atoms with van der Waals surface area (Å²) in [7, 11) is 1.93. The summed E-state index contributed by atoms with van der Waals surface area (Å²) < 4.78 is 1.07. The van der Waals surface area contributed by atoms with Crippen molar-refractivity contribution in [1.29, 1.82) is 0 Å². The monoisotopic (exact) mass is 327 g/mol. The third-order valence-corrected chi connectivity index (χ3v) is 5.72. The quantitative estimate of drug-likeness (QED) is 0.906. The molecule has 1 unspecified atom stereocenters. The van der Waals surface area contributed by atoms with Crippen molar-refractivity contribution < 1.29 is 0 Å². The Labute approximate surface area is 121 Å². The zero-order valence-corrected chi connectivity index (χ0v) is 13.0. The molecule has 0 bridgehead atoms. The van der Waals surface area contributed by atoms with Crippen molar-refractivity contribution in [3.05, 3.63) is 16.0 Å². The summed E-state index contributed by atoms with van der Waals surface area (Å²) in [5.41, 5.74) is 1.22. The van der Waals surface area contributed by atoms with Gasteiger partial charge in [0.2, 0.25) is 0 Å². The molecule has 0 amide bonds. The molecule has 1 aliphatic carbocycles. The molecule has 1 saturated carbocycles. The van der Waals surface area contributed by atoms with Crippen LogP contribution < -0.4 is 5.32 Å². The number of anilines is 1. The lowest BCUT2D eigenvalue weighted by molar-refractivity contribution is 0.658. The lowest BCUT2D eigenvalue weighted by atomic mass is 10.1. The minimum absolute atomic E-state index is 0.497. The Morgan fingerprint density at radius 3 is 2.67 bits per heavy atom. The first-order chi connectivity index (χ1) is 8.79. The van der Waals surface area contributed by atoms with E-state index in [9.17, 15) is 0 Å².